The molecule has 196 valence electrons. The van der Waals surface area contributed by atoms with Gasteiger partial charge in [-0.05, 0) is 44.0 Å². The summed E-state index contributed by atoms with van der Waals surface area (Å²) in [5.74, 6) is 8.74. The lowest BCUT2D eigenvalue weighted by molar-refractivity contribution is 0.324. The smallest absolute Gasteiger partial charge is 0.203 e. The Kier molecular flexibility index (Phi) is 7.66. The van der Waals surface area contributed by atoms with Crippen LogP contribution in [0.15, 0.2) is 53.7 Å². The second-order valence-electron chi connectivity index (χ2n) is 9.38. The van der Waals surface area contributed by atoms with Crippen molar-refractivity contribution in [3.05, 3.63) is 59.9 Å². The van der Waals surface area contributed by atoms with Crippen molar-refractivity contribution < 1.29 is 18.4 Å². The summed E-state index contributed by atoms with van der Waals surface area (Å²) in [5, 5.41) is 0. The zero-order valence-electron chi connectivity index (χ0n) is 22.1. The predicted octanol–water partition coefficient (Wildman–Crippen LogP) is 5.94. The lowest BCUT2D eigenvalue weighted by Crippen LogP contribution is -2.05. The van der Waals surface area contributed by atoms with Crippen LogP contribution in [0.3, 0.4) is 0 Å². The Hall–Kier alpha value is -3.83. The average molecular weight is 530 g/mol. The summed E-state index contributed by atoms with van der Waals surface area (Å²) in [5.41, 5.74) is 4.33. The van der Waals surface area contributed by atoms with Crippen molar-refractivity contribution in [1.82, 2.24) is 13.9 Å². The van der Waals surface area contributed by atoms with Crippen LogP contribution in [-0.4, -0.2) is 39.5 Å². The fourth-order valence-electron chi connectivity index (χ4n) is 4.75. The van der Waals surface area contributed by atoms with Crippen molar-refractivity contribution in [2.24, 2.45) is 5.92 Å². The van der Waals surface area contributed by atoms with Gasteiger partial charge in [-0.15, -0.1) is 0 Å². The van der Waals surface area contributed by atoms with E-state index in [2.05, 4.69) is 11.8 Å². The molecule has 0 amide bonds. The lowest BCUT2D eigenvalue weighted by atomic mass is 9.90. The number of ether oxygens (including phenoxy) is 3. The first kappa shape index (κ1) is 25.8. The fraction of sp³-hybridized carbons (Fsp3) is 0.333. The molecule has 2 aromatic carbocycles. The Labute approximate surface area is 225 Å². The van der Waals surface area contributed by atoms with Crippen molar-refractivity contribution in [3.8, 4) is 40.3 Å². The normalized spacial score (nSPS) is 14.5. The number of benzene rings is 2. The highest BCUT2D eigenvalue weighted by Gasteiger charge is 2.20. The second-order valence-corrected chi connectivity index (χ2v) is 10.7. The molecule has 0 spiro atoms. The third-order valence-electron chi connectivity index (χ3n) is 6.84. The Morgan fingerprint density at radius 1 is 0.974 bits per heavy atom. The standard InChI is InChI=1S/C30H31N3O4S/c1-20-10-14-24(15-11-20)38(34)33-19-22(13-12-21-8-6-5-7-9-21)28-30(33)31-18-25(32-28)23-16-26(35-2)29(37-4)27(17-23)36-3/h10-11,14-19,21H,5-9H2,1-4H3. The summed E-state index contributed by atoms with van der Waals surface area (Å²) in [6.45, 7) is 2.01. The second kappa shape index (κ2) is 11.3. The van der Waals surface area contributed by atoms with E-state index in [4.69, 9.17) is 24.2 Å². The summed E-state index contributed by atoms with van der Waals surface area (Å²) >= 11 is 0. The number of rotatable bonds is 6. The topological polar surface area (TPSA) is 75.5 Å². The number of nitrogens with zero attached hydrogens (tertiary/aromatic N) is 3. The van der Waals surface area contributed by atoms with Gasteiger partial charge >= 0.3 is 0 Å². The number of hydrogen-bond donors (Lipinski definition) is 0. The maximum absolute atomic E-state index is 13.6. The molecular formula is C30H31N3O4S. The molecule has 1 unspecified atom stereocenters. The Morgan fingerprint density at radius 2 is 1.66 bits per heavy atom. The van der Waals surface area contributed by atoms with E-state index in [1.165, 1.54) is 19.3 Å². The highest BCUT2D eigenvalue weighted by molar-refractivity contribution is 7.83. The van der Waals surface area contributed by atoms with Crippen LogP contribution in [0.4, 0.5) is 0 Å². The highest BCUT2D eigenvalue weighted by atomic mass is 32.2. The number of hydrogen-bond acceptors (Lipinski definition) is 6. The van der Waals surface area contributed by atoms with Crippen LogP contribution in [0.2, 0.25) is 0 Å². The van der Waals surface area contributed by atoms with Gasteiger partial charge in [-0.25, -0.2) is 18.1 Å². The van der Waals surface area contributed by atoms with Crippen molar-refractivity contribution in [1.29, 1.82) is 0 Å². The maximum atomic E-state index is 13.6. The van der Waals surface area contributed by atoms with Gasteiger partial charge in [-0.1, -0.05) is 48.8 Å². The predicted molar refractivity (Wildman–Crippen MR) is 149 cm³/mol. The molecule has 1 aliphatic rings. The Morgan fingerprint density at radius 3 is 2.29 bits per heavy atom. The lowest BCUT2D eigenvalue weighted by Gasteiger charge is -2.15. The monoisotopic (exact) mass is 529 g/mol. The molecule has 0 bridgehead atoms. The first-order chi connectivity index (χ1) is 18.5. The summed E-state index contributed by atoms with van der Waals surface area (Å²) in [7, 11) is 3.23. The van der Waals surface area contributed by atoms with Crippen molar-refractivity contribution >= 4 is 22.1 Å². The van der Waals surface area contributed by atoms with E-state index in [0.717, 1.165) is 24.0 Å². The molecule has 0 aliphatic heterocycles. The SMILES string of the molecule is COc1cc(-c2cnc3c(n2)c(C#CC2CCCCC2)cn3S(=O)c2ccc(C)cc2)cc(OC)c1OC. The first-order valence-electron chi connectivity index (χ1n) is 12.7. The van der Waals surface area contributed by atoms with Crippen LogP contribution >= 0.6 is 0 Å². The van der Waals surface area contributed by atoms with E-state index in [1.807, 2.05) is 49.5 Å². The third kappa shape index (κ3) is 5.11. The average Bonchev–Trinajstić information content (AvgIpc) is 3.33. The number of aromatic nitrogens is 3. The molecule has 5 rings (SSSR count). The van der Waals surface area contributed by atoms with Gasteiger partial charge in [-0.3, -0.25) is 0 Å². The van der Waals surface area contributed by atoms with E-state index in [-0.39, 0.29) is 0 Å². The van der Waals surface area contributed by atoms with Gasteiger partial charge in [0.2, 0.25) is 5.75 Å². The van der Waals surface area contributed by atoms with Crippen molar-refractivity contribution in [2.75, 3.05) is 21.3 Å². The third-order valence-corrected chi connectivity index (χ3v) is 8.15. The zero-order chi connectivity index (χ0) is 26.6. The summed E-state index contributed by atoms with van der Waals surface area (Å²) in [6, 6.07) is 11.3. The van der Waals surface area contributed by atoms with Crippen LogP contribution in [0.5, 0.6) is 17.2 Å². The summed E-state index contributed by atoms with van der Waals surface area (Å²) < 4.78 is 31.8. The van der Waals surface area contributed by atoms with E-state index in [0.29, 0.717) is 50.5 Å². The van der Waals surface area contributed by atoms with Gasteiger partial charge in [-0.2, -0.15) is 0 Å². The largest absolute Gasteiger partial charge is 0.493 e. The fourth-order valence-corrected chi connectivity index (χ4v) is 5.83. The number of aryl methyl sites for hydroxylation is 1. The van der Waals surface area contributed by atoms with Crippen molar-refractivity contribution in [3.63, 3.8) is 0 Å². The van der Waals surface area contributed by atoms with Gasteiger partial charge in [0, 0.05) is 17.7 Å². The number of methoxy groups -OCH3 is 3. The highest BCUT2D eigenvalue weighted by Crippen LogP contribution is 2.41. The van der Waals surface area contributed by atoms with Gasteiger partial charge in [0.15, 0.2) is 28.1 Å². The maximum Gasteiger partial charge on any atom is 0.203 e. The molecule has 7 nitrogen and oxygen atoms in total. The summed E-state index contributed by atoms with van der Waals surface area (Å²) in [4.78, 5) is 10.4. The molecule has 1 fully saturated rings. The van der Waals surface area contributed by atoms with E-state index >= 15 is 0 Å². The molecule has 0 saturated heterocycles. The minimum atomic E-state index is -1.49. The molecular weight excluding hydrogens is 498 g/mol. The molecule has 0 radical (unpaired) electrons. The van der Waals surface area contributed by atoms with E-state index < -0.39 is 11.0 Å². The van der Waals surface area contributed by atoms with E-state index in [1.54, 1.807) is 31.5 Å². The van der Waals surface area contributed by atoms with E-state index in [9.17, 15) is 4.21 Å². The zero-order valence-corrected chi connectivity index (χ0v) is 22.9. The van der Waals surface area contributed by atoms with Crippen LogP contribution < -0.4 is 14.2 Å². The Bertz CT molecular complexity index is 1520. The molecule has 1 aliphatic carbocycles. The molecule has 8 heteroatoms. The van der Waals surface area contributed by atoms with Crippen LogP contribution in [0.1, 0.15) is 43.2 Å². The molecule has 38 heavy (non-hydrogen) atoms. The first-order valence-corrected chi connectivity index (χ1v) is 13.8. The van der Waals surface area contributed by atoms with Gasteiger partial charge in [0.25, 0.3) is 0 Å². The number of fused-ring (bicyclic) bond motifs is 1. The molecule has 2 heterocycles. The van der Waals surface area contributed by atoms with Crippen LogP contribution in [0, 0.1) is 24.7 Å². The molecule has 1 saturated carbocycles. The van der Waals surface area contributed by atoms with Gasteiger partial charge in [0.1, 0.15) is 5.52 Å². The van der Waals surface area contributed by atoms with Gasteiger partial charge in [0.05, 0.1) is 43.7 Å². The quantitative estimate of drug-likeness (QED) is 0.288. The molecule has 2 aromatic heterocycles. The molecule has 4 aromatic rings. The Balaban J connectivity index is 1.64. The molecule has 1 atom stereocenters. The van der Waals surface area contributed by atoms with Crippen LogP contribution in [0.25, 0.3) is 22.4 Å². The van der Waals surface area contributed by atoms with Crippen molar-refractivity contribution in [2.45, 2.75) is 43.9 Å². The van der Waals surface area contributed by atoms with Crippen LogP contribution in [-0.2, 0) is 11.0 Å². The minimum Gasteiger partial charge on any atom is -0.493 e. The molecule has 0 N–H and O–H groups in total. The minimum absolute atomic E-state index is 0.371. The summed E-state index contributed by atoms with van der Waals surface area (Å²) in [6.07, 6.45) is 9.41. The van der Waals surface area contributed by atoms with Gasteiger partial charge < -0.3 is 14.2 Å².